The predicted molar refractivity (Wildman–Crippen MR) is 67.1 cm³/mol. The molecule has 0 bridgehead atoms. The Bertz CT molecular complexity index is 198. The van der Waals surface area contributed by atoms with Crippen LogP contribution in [0.2, 0.25) is 0 Å². The molecule has 0 heterocycles. The molecule has 0 aromatic heterocycles. The van der Waals surface area contributed by atoms with Crippen LogP contribution in [0.1, 0.15) is 51.9 Å². The van der Waals surface area contributed by atoms with E-state index in [1.165, 1.54) is 25.7 Å². The Morgan fingerprint density at radius 2 is 1.88 bits per heavy atom. The van der Waals surface area contributed by atoms with Crippen LogP contribution in [-0.4, -0.2) is 30.4 Å². The maximum absolute atomic E-state index is 12.3. The molecule has 1 amide bonds. The van der Waals surface area contributed by atoms with Gasteiger partial charge < -0.3 is 10.6 Å². The monoisotopic (exact) mass is 226 g/mol. The summed E-state index contributed by atoms with van der Waals surface area (Å²) in [5.41, 5.74) is 5.50. The van der Waals surface area contributed by atoms with E-state index in [0.29, 0.717) is 18.4 Å². The molecule has 1 fully saturated rings. The molecule has 0 radical (unpaired) electrons. The highest BCUT2D eigenvalue weighted by atomic mass is 16.2. The number of nitrogens with two attached hydrogens (primary N) is 1. The summed E-state index contributed by atoms with van der Waals surface area (Å²) in [6.45, 7) is 4.40. The first-order valence-corrected chi connectivity index (χ1v) is 6.78. The minimum atomic E-state index is 0.292. The second-order valence-electron chi connectivity index (χ2n) is 4.75. The van der Waals surface area contributed by atoms with Gasteiger partial charge >= 0.3 is 0 Å². The van der Waals surface area contributed by atoms with Gasteiger partial charge in [0, 0.05) is 19.0 Å². The minimum Gasteiger partial charge on any atom is -0.343 e. The highest BCUT2D eigenvalue weighted by Crippen LogP contribution is 2.24. The molecule has 1 saturated carbocycles. The molecule has 0 spiro atoms. The summed E-state index contributed by atoms with van der Waals surface area (Å²) in [5, 5.41) is 0. The van der Waals surface area contributed by atoms with Crippen molar-refractivity contribution in [2.24, 2.45) is 11.7 Å². The van der Waals surface area contributed by atoms with Gasteiger partial charge in [0.15, 0.2) is 0 Å². The molecule has 0 aliphatic heterocycles. The molecule has 94 valence electrons. The van der Waals surface area contributed by atoms with Gasteiger partial charge in [0.1, 0.15) is 0 Å². The van der Waals surface area contributed by atoms with Crippen LogP contribution in [-0.2, 0) is 4.79 Å². The zero-order valence-corrected chi connectivity index (χ0v) is 10.6. The number of hydrogen-bond donors (Lipinski definition) is 1. The Kier molecular flexibility index (Phi) is 6.46. The first-order valence-electron chi connectivity index (χ1n) is 6.78. The van der Waals surface area contributed by atoms with Crippen molar-refractivity contribution in [3.05, 3.63) is 0 Å². The van der Waals surface area contributed by atoms with Gasteiger partial charge in [0.05, 0.1) is 0 Å². The average molecular weight is 226 g/mol. The lowest BCUT2D eigenvalue weighted by Crippen LogP contribution is -2.37. The number of rotatable bonds is 5. The lowest BCUT2D eigenvalue weighted by molar-refractivity contribution is -0.135. The molecule has 0 aromatic carbocycles. The van der Waals surface area contributed by atoms with Crippen molar-refractivity contribution in [1.82, 2.24) is 4.90 Å². The van der Waals surface area contributed by atoms with Gasteiger partial charge in [-0.2, -0.15) is 0 Å². The summed E-state index contributed by atoms with van der Waals surface area (Å²) in [4.78, 5) is 14.3. The number of amides is 1. The highest BCUT2D eigenvalue weighted by molar-refractivity contribution is 5.78. The van der Waals surface area contributed by atoms with Crippen LogP contribution in [0.15, 0.2) is 0 Å². The predicted octanol–water partition coefficient (Wildman–Crippen LogP) is 2.15. The third kappa shape index (κ3) is 4.12. The Morgan fingerprint density at radius 1 is 1.25 bits per heavy atom. The van der Waals surface area contributed by atoms with Gasteiger partial charge in [-0.15, -0.1) is 0 Å². The molecule has 3 nitrogen and oxygen atoms in total. The molecule has 1 aliphatic rings. The standard InChI is InChI=1S/C13H26N2O/c1-2-15(11-7-10-14)13(16)12-8-5-3-4-6-9-12/h12H,2-11,14H2,1H3. The first-order chi connectivity index (χ1) is 7.79. The molecule has 2 N–H and O–H groups in total. The van der Waals surface area contributed by atoms with Crippen LogP contribution in [0.5, 0.6) is 0 Å². The molecular weight excluding hydrogens is 200 g/mol. The average Bonchev–Trinajstić information content (AvgIpc) is 2.58. The summed E-state index contributed by atoms with van der Waals surface area (Å²) in [6, 6.07) is 0. The van der Waals surface area contributed by atoms with Crippen LogP contribution < -0.4 is 5.73 Å². The molecule has 1 aliphatic carbocycles. The van der Waals surface area contributed by atoms with Gasteiger partial charge in [-0.3, -0.25) is 4.79 Å². The molecule has 0 unspecified atom stereocenters. The van der Waals surface area contributed by atoms with E-state index < -0.39 is 0 Å². The minimum absolute atomic E-state index is 0.292. The SMILES string of the molecule is CCN(CCCN)C(=O)C1CCCCCC1. The third-order valence-electron chi connectivity index (χ3n) is 3.53. The molecule has 3 heteroatoms. The van der Waals surface area contributed by atoms with Crippen molar-refractivity contribution in [3.63, 3.8) is 0 Å². The van der Waals surface area contributed by atoms with Gasteiger partial charge in [-0.05, 0) is 32.7 Å². The van der Waals surface area contributed by atoms with E-state index in [4.69, 9.17) is 5.73 Å². The summed E-state index contributed by atoms with van der Waals surface area (Å²) in [7, 11) is 0. The smallest absolute Gasteiger partial charge is 0.225 e. The van der Waals surface area contributed by atoms with E-state index in [0.717, 1.165) is 32.4 Å². The van der Waals surface area contributed by atoms with Crippen molar-refractivity contribution >= 4 is 5.91 Å². The van der Waals surface area contributed by atoms with E-state index in [1.54, 1.807) is 0 Å². The van der Waals surface area contributed by atoms with E-state index in [2.05, 4.69) is 6.92 Å². The number of carbonyl (C=O) groups excluding carboxylic acids is 1. The third-order valence-corrected chi connectivity index (χ3v) is 3.53. The molecular formula is C13H26N2O. The van der Waals surface area contributed by atoms with Crippen LogP contribution >= 0.6 is 0 Å². The van der Waals surface area contributed by atoms with E-state index in [-0.39, 0.29) is 0 Å². The maximum Gasteiger partial charge on any atom is 0.225 e. The van der Waals surface area contributed by atoms with Crippen molar-refractivity contribution in [2.45, 2.75) is 51.9 Å². The van der Waals surface area contributed by atoms with Crippen molar-refractivity contribution in [3.8, 4) is 0 Å². The maximum atomic E-state index is 12.3. The molecule has 0 saturated heterocycles. The van der Waals surface area contributed by atoms with E-state index >= 15 is 0 Å². The molecule has 1 rings (SSSR count). The summed E-state index contributed by atoms with van der Waals surface area (Å²) in [6.07, 6.45) is 8.18. The van der Waals surface area contributed by atoms with Crippen LogP contribution in [0.3, 0.4) is 0 Å². The summed E-state index contributed by atoms with van der Waals surface area (Å²) >= 11 is 0. The van der Waals surface area contributed by atoms with E-state index in [9.17, 15) is 4.79 Å². The zero-order chi connectivity index (χ0) is 11.8. The van der Waals surface area contributed by atoms with Gasteiger partial charge in [0.2, 0.25) is 5.91 Å². The fraction of sp³-hybridized carbons (Fsp3) is 0.923. The Balaban J connectivity index is 2.44. The van der Waals surface area contributed by atoms with Crippen LogP contribution in [0.4, 0.5) is 0 Å². The number of carbonyl (C=O) groups is 1. The van der Waals surface area contributed by atoms with Crippen molar-refractivity contribution in [2.75, 3.05) is 19.6 Å². The van der Waals surface area contributed by atoms with Crippen molar-refractivity contribution < 1.29 is 4.79 Å². The normalized spacial score (nSPS) is 18.1. The Labute approximate surface area is 99.4 Å². The zero-order valence-electron chi connectivity index (χ0n) is 10.6. The highest BCUT2D eigenvalue weighted by Gasteiger charge is 2.23. The lowest BCUT2D eigenvalue weighted by Gasteiger charge is -2.25. The molecule has 0 aromatic rings. The van der Waals surface area contributed by atoms with Gasteiger partial charge in [-0.25, -0.2) is 0 Å². The van der Waals surface area contributed by atoms with Crippen LogP contribution in [0, 0.1) is 5.92 Å². The lowest BCUT2D eigenvalue weighted by atomic mass is 9.98. The first kappa shape index (κ1) is 13.5. The number of nitrogens with zero attached hydrogens (tertiary/aromatic N) is 1. The number of hydrogen-bond acceptors (Lipinski definition) is 2. The summed E-state index contributed by atoms with van der Waals surface area (Å²) in [5.74, 6) is 0.665. The molecule has 16 heavy (non-hydrogen) atoms. The fourth-order valence-corrected chi connectivity index (χ4v) is 2.49. The van der Waals surface area contributed by atoms with Crippen molar-refractivity contribution in [1.29, 1.82) is 0 Å². The molecule has 0 atom stereocenters. The fourth-order valence-electron chi connectivity index (χ4n) is 2.49. The summed E-state index contributed by atoms with van der Waals surface area (Å²) < 4.78 is 0. The topological polar surface area (TPSA) is 46.3 Å². The Morgan fingerprint density at radius 3 is 2.38 bits per heavy atom. The largest absolute Gasteiger partial charge is 0.343 e. The second-order valence-corrected chi connectivity index (χ2v) is 4.75. The second kappa shape index (κ2) is 7.66. The Hall–Kier alpha value is -0.570. The van der Waals surface area contributed by atoms with Gasteiger partial charge in [0.25, 0.3) is 0 Å². The quantitative estimate of drug-likeness (QED) is 0.730. The van der Waals surface area contributed by atoms with Gasteiger partial charge in [-0.1, -0.05) is 25.7 Å². The van der Waals surface area contributed by atoms with E-state index in [1.807, 2.05) is 4.90 Å². The van der Waals surface area contributed by atoms with Crippen LogP contribution in [0.25, 0.3) is 0 Å².